The van der Waals surface area contributed by atoms with Gasteiger partial charge >= 0.3 is 6.03 Å². The number of hydrogen-bond acceptors (Lipinski definition) is 3. The van der Waals surface area contributed by atoms with Gasteiger partial charge in [0.1, 0.15) is 0 Å². The molecule has 2 rings (SSSR count). The van der Waals surface area contributed by atoms with E-state index in [0.29, 0.717) is 4.34 Å². The lowest BCUT2D eigenvalue weighted by molar-refractivity contribution is 0.245. The molecule has 88 valence electrons. The summed E-state index contributed by atoms with van der Waals surface area (Å²) >= 11 is 7.13. The molecule has 1 aromatic rings. The van der Waals surface area contributed by atoms with Gasteiger partial charge in [-0.3, -0.25) is 5.32 Å². The van der Waals surface area contributed by atoms with Gasteiger partial charge < -0.3 is 10.6 Å². The summed E-state index contributed by atoms with van der Waals surface area (Å²) in [6.07, 6.45) is 2.14. The molecule has 16 heavy (non-hydrogen) atoms. The Balaban J connectivity index is 1.79. The first kappa shape index (κ1) is 11.7. The van der Waals surface area contributed by atoms with Crippen LogP contribution in [0.25, 0.3) is 0 Å². The van der Waals surface area contributed by atoms with Crippen LogP contribution in [0.1, 0.15) is 12.8 Å². The van der Waals surface area contributed by atoms with Crippen LogP contribution in [0, 0.1) is 0 Å². The van der Waals surface area contributed by atoms with Crippen molar-refractivity contribution in [3.8, 4) is 0 Å². The minimum absolute atomic E-state index is 0.160. The van der Waals surface area contributed by atoms with E-state index in [4.69, 9.17) is 11.6 Å². The number of amides is 2. The highest BCUT2D eigenvalue weighted by Crippen LogP contribution is 2.25. The summed E-state index contributed by atoms with van der Waals surface area (Å²) in [5.74, 6) is 0. The fraction of sp³-hybridized carbons (Fsp3) is 0.500. The fourth-order valence-electron chi connectivity index (χ4n) is 1.69. The highest BCUT2D eigenvalue weighted by molar-refractivity contribution is 7.20. The van der Waals surface area contributed by atoms with Crippen molar-refractivity contribution < 1.29 is 4.79 Å². The molecule has 1 fully saturated rings. The zero-order chi connectivity index (χ0) is 11.4. The number of rotatable bonds is 2. The van der Waals surface area contributed by atoms with Crippen LogP contribution in [0.2, 0.25) is 4.34 Å². The quantitative estimate of drug-likeness (QED) is 0.763. The predicted molar refractivity (Wildman–Crippen MR) is 67.4 cm³/mol. The lowest BCUT2D eigenvalue weighted by Crippen LogP contribution is -2.46. The van der Waals surface area contributed by atoms with Crippen molar-refractivity contribution in [2.75, 3.05) is 18.4 Å². The molecule has 0 radical (unpaired) electrons. The summed E-state index contributed by atoms with van der Waals surface area (Å²) in [4.78, 5) is 11.6. The number of nitrogens with one attached hydrogen (secondary N) is 3. The third kappa shape index (κ3) is 3.37. The molecular formula is C10H14ClN3OS. The number of carbonyl (C=O) groups excluding carboxylic acids is 1. The minimum Gasteiger partial charge on any atom is -0.334 e. The first-order valence-corrected chi connectivity index (χ1v) is 6.47. The Bertz CT molecular complexity index is 363. The summed E-state index contributed by atoms with van der Waals surface area (Å²) in [5, 5.41) is 9.71. The standard InChI is InChI=1S/C10H14ClN3OS/c11-8-3-4-9(16-8)14-10(15)13-7-2-1-5-12-6-7/h3-4,7,12H,1-2,5-6H2,(H2,13,14,15). The molecule has 0 aliphatic carbocycles. The van der Waals surface area contributed by atoms with E-state index in [1.165, 1.54) is 11.3 Å². The van der Waals surface area contributed by atoms with E-state index >= 15 is 0 Å². The maximum Gasteiger partial charge on any atom is 0.320 e. The second kappa shape index (κ2) is 5.52. The van der Waals surface area contributed by atoms with Crippen molar-refractivity contribution in [3.05, 3.63) is 16.5 Å². The molecule has 1 aliphatic rings. The van der Waals surface area contributed by atoms with Gasteiger partial charge in [0.25, 0.3) is 0 Å². The highest BCUT2D eigenvalue weighted by atomic mass is 35.5. The van der Waals surface area contributed by atoms with E-state index in [0.717, 1.165) is 30.9 Å². The first-order chi connectivity index (χ1) is 7.74. The Morgan fingerprint density at radius 2 is 2.44 bits per heavy atom. The average Bonchev–Trinajstić information content (AvgIpc) is 2.65. The maximum absolute atomic E-state index is 11.6. The van der Waals surface area contributed by atoms with Gasteiger partial charge in [-0.25, -0.2) is 4.79 Å². The van der Waals surface area contributed by atoms with Gasteiger partial charge in [-0.2, -0.15) is 0 Å². The number of halogens is 1. The average molecular weight is 260 g/mol. The molecule has 3 N–H and O–H groups in total. The van der Waals surface area contributed by atoms with E-state index in [9.17, 15) is 4.79 Å². The summed E-state index contributed by atoms with van der Waals surface area (Å²) in [6.45, 7) is 1.89. The molecule has 2 amide bonds. The number of hydrogen-bond donors (Lipinski definition) is 3. The molecule has 4 nitrogen and oxygen atoms in total. The van der Waals surface area contributed by atoms with Gasteiger partial charge in [0, 0.05) is 12.6 Å². The Kier molecular flexibility index (Phi) is 4.04. The van der Waals surface area contributed by atoms with E-state index in [1.807, 2.05) is 0 Å². The van der Waals surface area contributed by atoms with Crippen LogP contribution in [-0.4, -0.2) is 25.2 Å². The molecular weight excluding hydrogens is 246 g/mol. The number of thiophene rings is 1. The van der Waals surface area contributed by atoms with Crippen molar-refractivity contribution in [3.63, 3.8) is 0 Å². The summed E-state index contributed by atoms with van der Waals surface area (Å²) in [7, 11) is 0. The van der Waals surface area contributed by atoms with Gasteiger partial charge in [0.05, 0.1) is 9.34 Å². The zero-order valence-electron chi connectivity index (χ0n) is 8.75. The van der Waals surface area contributed by atoms with Crippen LogP contribution in [0.4, 0.5) is 9.80 Å². The second-order valence-electron chi connectivity index (χ2n) is 3.75. The number of piperidine rings is 1. The van der Waals surface area contributed by atoms with E-state index in [1.54, 1.807) is 12.1 Å². The Morgan fingerprint density at radius 3 is 3.06 bits per heavy atom. The zero-order valence-corrected chi connectivity index (χ0v) is 10.3. The van der Waals surface area contributed by atoms with Crippen molar-refractivity contribution in [2.24, 2.45) is 0 Å². The molecule has 1 unspecified atom stereocenters. The van der Waals surface area contributed by atoms with Crippen LogP contribution < -0.4 is 16.0 Å². The number of carbonyl (C=O) groups is 1. The van der Waals surface area contributed by atoms with Crippen LogP contribution in [0.15, 0.2) is 12.1 Å². The summed E-state index contributed by atoms with van der Waals surface area (Å²) in [6, 6.07) is 3.63. The molecule has 0 bridgehead atoms. The molecule has 1 atom stereocenters. The van der Waals surface area contributed by atoms with E-state index < -0.39 is 0 Å². The van der Waals surface area contributed by atoms with E-state index in [-0.39, 0.29) is 12.1 Å². The normalized spacial score (nSPS) is 20.4. The number of urea groups is 1. The first-order valence-electron chi connectivity index (χ1n) is 5.27. The Labute approximate surface area is 103 Å². The molecule has 0 spiro atoms. The van der Waals surface area contributed by atoms with Crippen molar-refractivity contribution in [1.29, 1.82) is 0 Å². The van der Waals surface area contributed by atoms with Crippen LogP contribution in [0.3, 0.4) is 0 Å². The van der Waals surface area contributed by atoms with Gasteiger partial charge in [-0.1, -0.05) is 11.6 Å². The van der Waals surface area contributed by atoms with Gasteiger partial charge in [-0.05, 0) is 31.5 Å². The van der Waals surface area contributed by atoms with Gasteiger partial charge in [0.15, 0.2) is 0 Å². The predicted octanol–water partition coefficient (Wildman–Crippen LogP) is 2.28. The Hall–Kier alpha value is -0.780. The monoisotopic (exact) mass is 259 g/mol. The lowest BCUT2D eigenvalue weighted by Gasteiger charge is -2.23. The van der Waals surface area contributed by atoms with Crippen molar-refractivity contribution >= 4 is 34.0 Å². The summed E-state index contributed by atoms with van der Waals surface area (Å²) < 4.78 is 0.676. The van der Waals surface area contributed by atoms with Crippen LogP contribution >= 0.6 is 22.9 Å². The second-order valence-corrected chi connectivity index (χ2v) is 5.46. The third-order valence-electron chi connectivity index (χ3n) is 2.44. The van der Waals surface area contributed by atoms with Gasteiger partial charge in [0.2, 0.25) is 0 Å². The minimum atomic E-state index is -0.160. The van der Waals surface area contributed by atoms with Crippen molar-refractivity contribution in [1.82, 2.24) is 10.6 Å². The molecule has 1 aliphatic heterocycles. The van der Waals surface area contributed by atoms with Gasteiger partial charge in [-0.15, -0.1) is 11.3 Å². The maximum atomic E-state index is 11.6. The molecule has 2 heterocycles. The number of anilines is 1. The molecule has 1 saturated heterocycles. The van der Waals surface area contributed by atoms with E-state index in [2.05, 4.69) is 16.0 Å². The largest absolute Gasteiger partial charge is 0.334 e. The summed E-state index contributed by atoms with van der Waals surface area (Å²) in [5.41, 5.74) is 0. The lowest BCUT2D eigenvalue weighted by atomic mass is 10.1. The highest BCUT2D eigenvalue weighted by Gasteiger charge is 2.15. The third-order valence-corrected chi connectivity index (χ3v) is 3.59. The van der Waals surface area contributed by atoms with Crippen LogP contribution in [-0.2, 0) is 0 Å². The SMILES string of the molecule is O=C(Nc1ccc(Cl)s1)NC1CCCNC1. The molecule has 0 aromatic carbocycles. The Morgan fingerprint density at radius 1 is 1.56 bits per heavy atom. The molecule has 6 heteroatoms. The van der Waals surface area contributed by atoms with Crippen LogP contribution in [0.5, 0.6) is 0 Å². The fourth-order valence-corrected chi connectivity index (χ4v) is 2.63. The topological polar surface area (TPSA) is 53.2 Å². The smallest absolute Gasteiger partial charge is 0.320 e. The molecule has 1 aromatic heterocycles. The molecule has 0 saturated carbocycles. The van der Waals surface area contributed by atoms with Crippen molar-refractivity contribution in [2.45, 2.75) is 18.9 Å².